The first-order valence-electron chi connectivity index (χ1n) is 22.0. The molecule has 9 heteroatoms. The molecule has 1 amide bonds. The fourth-order valence-electron chi connectivity index (χ4n) is 6.91. The Kier molecular flexibility index (Phi) is 32.9. The van der Waals surface area contributed by atoms with Crippen LogP contribution in [0.15, 0.2) is 24.3 Å². The van der Waals surface area contributed by atoms with Crippen molar-refractivity contribution in [3.05, 3.63) is 24.3 Å². The van der Waals surface area contributed by atoms with E-state index in [4.69, 9.17) is 9.47 Å². The van der Waals surface area contributed by atoms with Crippen LogP contribution in [0.5, 0.6) is 0 Å². The molecule has 1 saturated heterocycles. The van der Waals surface area contributed by atoms with Gasteiger partial charge >= 0.3 is 0 Å². The van der Waals surface area contributed by atoms with E-state index in [1.165, 1.54) is 103 Å². The number of hydrogen-bond donors (Lipinski definition) is 6. The number of amides is 1. The van der Waals surface area contributed by atoms with E-state index in [1.807, 2.05) is 0 Å². The van der Waals surface area contributed by atoms with Crippen LogP contribution in [0, 0.1) is 0 Å². The molecule has 9 nitrogen and oxygen atoms in total. The quantitative estimate of drug-likeness (QED) is 0.0275. The van der Waals surface area contributed by atoms with E-state index in [9.17, 15) is 30.3 Å². The summed E-state index contributed by atoms with van der Waals surface area (Å²) in [6.45, 7) is 3.79. The number of aliphatic hydroxyl groups excluding tert-OH is 5. The summed E-state index contributed by atoms with van der Waals surface area (Å²) < 4.78 is 11.2. The van der Waals surface area contributed by atoms with Gasteiger partial charge in [-0.05, 0) is 64.2 Å². The van der Waals surface area contributed by atoms with Crippen LogP contribution in [0.3, 0.4) is 0 Å². The first-order chi connectivity index (χ1) is 25.8. The molecule has 0 aromatic heterocycles. The van der Waals surface area contributed by atoms with Crippen molar-refractivity contribution >= 4 is 5.91 Å². The molecule has 1 heterocycles. The van der Waals surface area contributed by atoms with Crippen LogP contribution >= 0.6 is 0 Å². The lowest BCUT2D eigenvalue weighted by Gasteiger charge is -2.40. The maximum atomic E-state index is 12.9. The van der Waals surface area contributed by atoms with Gasteiger partial charge in [0.25, 0.3) is 0 Å². The summed E-state index contributed by atoms with van der Waals surface area (Å²) in [4.78, 5) is 12.9. The van der Waals surface area contributed by atoms with Crippen LogP contribution in [-0.4, -0.2) is 87.5 Å². The molecule has 0 aliphatic carbocycles. The second kappa shape index (κ2) is 35.1. The van der Waals surface area contributed by atoms with Crippen molar-refractivity contribution in [3.63, 3.8) is 0 Å². The molecule has 53 heavy (non-hydrogen) atoms. The molecular weight excluding hydrogens is 670 g/mol. The number of carbonyl (C=O) groups excluding carboxylic acids is 1. The van der Waals surface area contributed by atoms with E-state index in [2.05, 4.69) is 43.5 Å². The molecule has 0 aromatic carbocycles. The Bertz CT molecular complexity index is 883. The molecule has 1 aliphatic heterocycles. The summed E-state index contributed by atoms with van der Waals surface area (Å²) in [5.74, 6) is -0.164. The van der Waals surface area contributed by atoms with Crippen LogP contribution in [0.25, 0.3) is 0 Å². The molecule has 1 fully saturated rings. The number of hydrogen-bond acceptors (Lipinski definition) is 8. The second-order valence-electron chi connectivity index (χ2n) is 15.5. The highest BCUT2D eigenvalue weighted by Crippen LogP contribution is 2.23. The zero-order chi connectivity index (χ0) is 38.8. The molecule has 312 valence electrons. The van der Waals surface area contributed by atoms with E-state index in [1.54, 1.807) is 0 Å². The third-order valence-corrected chi connectivity index (χ3v) is 10.5. The van der Waals surface area contributed by atoms with Crippen molar-refractivity contribution in [1.82, 2.24) is 5.32 Å². The fourth-order valence-corrected chi connectivity index (χ4v) is 6.91. The van der Waals surface area contributed by atoms with Gasteiger partial charge in [0.05, 0.1) is 25.4 Å². The molecule has 0 spiro atoms. The Labute approximate surface area is 324 Å². The van der Waals surface area contributed by atoms with Crippen LogP contribution in [0.4, 0.5) is 0 Å². The van der Waals surface area contributed by atoms with Crippen molar-refractivity contribution in [2.75, 3.05) is 13.2 Å². The predicted molar refractivity (Wildman–Crippen MR) is 217 cm³/mol. The molecule has 0 radical (unpaired) electrons. The van der Waals surface area contributed by atoms with E-state index < -0.39 is 49.5 Å². The topological polar surface area (TPSA) is 149 Å². The Morgan fingerprint density at radius 1 is 0.623 bits per heavy atom. The molecule has 7 atom stereocenters. The molecule has 0 saturated carbocycles. The fraction of sp³-hybridized carbons (Fsp3) is 0.886. The van der Waals surface area contributed by atoms with Gasteiger partial charge in [-0.2, -0.15) is 0 Å². The lowest BCUT2D eigenvalue weighted by Crippen LogP contribution is -2.60. The van der Waals surface area contributed by atoms with Gasteiger partial charge in [0, 0.05) is 6.42 Å². The summed E-state index contributed by atoms with van der Waals surface area (Å²) >= 11 is 0. The summed E-state index contributed by atoms with van der Waals surface area (Å²) in [6, 6.07) is -0.736. The van der Waals surface area contributed by atoms with Gasteiger partial charge in [-0.15, -0.1) is 0 Å². The van der Waals surface area contributed by atoms with Gasteiger partial charge in [-0.25, -0.2) is 0 Å². The van der Waals surface area contributed by atoms with Crippen molar-refractivity contribution in [3.8, 4) is 0 Å². The third kappa shape index (κ3) is 26.2. The van der Waals surface area contributed by atoms with E-state index in [-0.39, 0.29) is 12.5 Å². The SMILES string of the molecule is CCCCCCC/C=C/CCCCCCCC(=O)N[C@@H](CO[C@@H]1O[C@H](CO)[C@@H](O)C(O)C1O)[C@H](O)CCCC/C=C/CCCCCCCCCCCC. The predicted octanol–water partition coefficient (Wildman–Crippen LogP) is 8.72. The number of unbranched alkanes of at least 4 members (excludes halogenated alkanes) is 22. The highest BCUT2D eigenvalue weighted by atomic mass is 16.7. The zero-order valence-electron chi connectivity index (χ0n) is 34.0. The van der Waals surface area contributed by atoms with Crippen molar-refractivity contribution in [1.29, 1.82) is 0 Å². The van der Waals surface area contributed by atoms with Gasteiger partial charge in [0.2, 0.25) is 5.91 Å². The van der Waals surface area contributed by atoms with Gasteiger partial charge in [0.15, 0.2) is 6.29 Å². The number of nitrogens with one attached hydrogen (secondary N) is 1. The first kappa shape index (κ1) is 49.7. The highest BCUT2D eigenvalue weighted by Gasteiger charge is 2.44. The summed E-state index contributed by atoms with van der Waals surface area (Å²) in [7, 11) is 0. The van der Waals surface area contributed by atoms with Gasteiger partial charge in [0.1, 0.15) is 24.4 Å². The Hall–Kier alpha value is -1.33. The van der Waals surface area contributed by atoms with Crippen molar-refractivity contribution < 1.29 is 39.8 Å². The molecule has 0 bridgehead atoms. The Morgan fingerprint density at radius 3 is 1.53 bits per heavy atom. The molecule has 0 aromatic rings. The average Bonchev–Trinajstić information content (AvgIpc) is 3.16. The van der Waals surface area contributed by atoms with E-state index in [0.717, 1.165) is 64.2 Å². The van der Waals surface area contributed by atoms with Crippen LogP contribution in [-0.2, 0) is 14.3 Å². The van der Waals surface area contributed by atoms with Crippen molar-refractivity contribution in [2.45, 2.75) is 236 Å². The molecule has 2 unspecified atom stereocenters. The van der Waals surface area contributed by atoms with E-state index >= 15 is 0 Å². The second-order valence-corrected chi connectivity index (χ2v) is 15.5. The number of carbonyl (C=O) groups is 1. The highest BCUT2D eigenvalue weighted by molar-refractivity contribution is 5.76. The van der Waals surface area contributed by atoms with E-state index in [0.29, 0.717) is 12.8 Å². The minimum Gasteiger partial charge on any atom is -0.394 e. The van der Waals surface area contributed by atoms with Crippen LogP contribution in [0.1, 0.15) is 194 Å². The molecule has 1 aliphatic rings. The molecular formula is C44H83NO8. The normalized spacial score (nSPS) is 21.8. The van der Waals surface area contributed by atoms with Crippen LogP contribution in [0.2, 0.25) is 0 Å². The number of allylic oxidation sites excluding steroid dienone is 4. The smallest absolute Gasteiger partial charge is 0.220 e. The first-order valence-corrected chi connectivity index (χ1v) is 22.0. The van der Waals surface area contributed by atoms with Gasteiger partial charge < -0.3 is 40.3 Å². The minimum absolute atomic E-state index is 0.152. The number of rotatable bonds is 36. The van der Waals surface area contributed by atoms with Gasteiger partial charge in [-0.3, -0.25) is 4.79 Å². The maximum absolute atomic E-state index is 12.9. The monoisotopic (exact) mass is 754 g/mol. The lowest BCUT2D eigenvalue weighted by molar-refractivity contribution is -0.302. The van der Waals surface area contributed by atoms with Crippen LogP contribution < -0.4 is 5.32 Å². The summed E-state index contributed by atoms with van der Waals surface area (Å²) in [5, 5.41) is 54.2. The summed E-state index contributed by atoms with van der Waals surface area (Å²) in [6.07, 6.45) is 33.2. The lowest BCUT2D eigenvalue weighted by atomic mass is 9.99. The Balaban J connectivity index is 2.39. The third-order valence-electron chi connectivity index (χ3n) is 10.5. The standard InChI is InChI=1S/C44H83NO8/c1-3-5-7-9-11-13-15-17-19-20-21-23-25-27-29-31-33-38(47)37(36-52-44-43(51)42(50)41(49)39(35-46)53-44)45-40(48)34-32-30-28-26-24-22-18-16-14-12-10-8-6-4-2/h16,18,23,25,37-39,41-44,46-47,49-51H,3-15,17,19-22,24,26-36H2,1-2H3,(H,45,48)/b18-16+,25-23+/t37-,38+,39+,41+,42?,43?,44+/m0/s1. The number of aliphatic hydroxyl groups is 5. The summed E-state index contributed by atoms with van der Waals surface area (Å²) in [5.41, 5.74) is 0. The molecule has 6 N–H and O–H groups in total. The van der Waals surface area contributed by atoms with Gasteiger partial charge in [-0.1, -0.05) is 147 Å². The zero-order valence-corrected chi connectivity index (χ0v) is 34.0. The Morgan fingerprint density at radius 2 is 1.06 bits per heavy atom. The molecule has 1 rings (SSSR count). The minimum atomic E-state index is -1.56. The maximum Gasteiger partial charge on any atom is 0.220 e. The number of ether oxygens (including phenoxy) is 2. The largest absolute Gasteiger partial charge is 0.394 e. The van der Waals surface area contributed by atoms with Crippen molar-refractivity contribution in [2.24, 2.45) is 0 Å². The average molecular weight is 754 g/mol.